The number of pyridine rings is 1. The van der Waals surface area contributed by atoms with Gasteiger partial charge in [-0.2, -0.15) is 0 Å². The van der Waals surface area contributed by atoms with Gasteiger partial charge in [-0.25, -0.2) is 15.0 Å². The van der Waals surface area contributed by atoms with E-state index in [0.29, 0.717) is 30.3 Å². The summed E-state index contributed by atoms with van der Waals surface area (Å²) in [6.07, 6.45) is 9.93. The number of fused-ring (bicyclic) bond motifs is 3. The van der Waals surface area contributed by atoms with Crippen LogP contribution in [0.3, 0.4) is 0 Å². The molecule has 0 aromatic carbocycles. The molecule has 1 atom stereocenters. The summed E-state index contributed by atoms with van der Waals surface area (Å²) in [7, 11) is 0. The van der Waals surface area contributed by atoms with Crippen molar-refractivity contribution < 1.29 is 9.53 Å². The summed E-state index contributed by atoms with van der Waals surface area (Å²) in [5.74, 6) is 1.41. The number of nitrogen functional groups attached to an aromatic ring is 1. The van der Waals surface area contributed by atoms with Gasteiger partial charge in [0.2, 0.25) is 6.41 Å². The van der Waals surface area contributed by atoms with Crippen LogP contribution in [0.5, 0.6) is 0 Å². The molecule has 3 aromatic rings. The number of aryl methyl sites for hydroxylation is 2. The second-order valence-corrected chi connectivity index (χ2v) is 8.93. The molecule has 3 aromatic heterocycles. The van der Waals surface area contributed by atoms with Crippen molar-refractivity contribution in [2.24, 2.45) is 0 Å². The number of thiophene rings is 1. The molecular weight excluding hydrogens is 450 g/mol. The molecule has 1 fully saturated rings. The van der Waals surface area contributed by atoms with E-state index >= 15 is 0 Å². The predicted molar refractivity (Wildman–Crippen MR) is 138 cm³/mol. The molecular formula is C24H33N7O2S. The number of nitrogens with two attached hydrogens (primary N) is 1. The van der Waals surface area contributed by atoms with Crippen LogP contribution in [0.15, 0.2) is 18.6 Å². The molecule has 4 N–H and O–H groups in total. The Kier molecular flexibility index (Phi) is 9.29. The monoisotopic (exact) mass is 483 g/mol. The molecule has 0 spiro atoms. The van der Waals surface area contributed by atoms with E-state index < -0.39 is 0 Å². The van der Waals surface area contributed by atoms with Crippen LogP contribution in [0.1, 0.15) is 49.6 Å². The number of nitrogens with zero attached hydrogens (tertiary/aromatic N) is 4. The van der Waals surface area contributed by atoms with Crippen LogP contribution in [0.25, 0.3) is 10.2 Å². The standard InChI is InChI=1S/C16H16N6S.C6H11NO2.C2H6/c17-6-9-5-13(19-7-11(9)18)22-15-14-10-3-1-2-4-12(10)23-16(14)21-8-20-15;1-6-4-9-3-2-7(6)5-8;1-2/h5-8,17H,1-4,18H2,(H,19,20,21,22);5-6H,2-4H2,1H3;1-2H3. The lowest BCUT2D eigenvalue weighted by molar-refractivity contribution is -0.125. The van der Waals surface area contributed by atoms with Gasteiger partial charge in [0.25, 0.3) is 0 Å². The maximum absolute atomic E-state index is 10.2. The first-order chi connectivity index (χ1) is 16.6. The average Bonchev–Trinajstić information content (AvgIpc) is 3.27. The number of carbonyl (C=O) groups excluding carboxylic acids is 1. The quantitative estimate of drug-likeness (QED) is 0.375. The Bertz CT molecular complexity index is 1120. The van der Waals surface area contributed by atoms with Gasteiger partial charge in [0.1, 0.15) is 22.8 Å². The SMILES string of the molecule is CC.CC1COCCN1C=O.N=Cc1cc(Nc2ncnc3sc4c(c23)CCCC4)ncc1N. The van der Waals surface area contributed by atoms with Crippen molar-refractivity contribution in [3.05, 3.63) is 34.6 Å². The largest absolute Gasteiger partial charge is 0.397 e. The van der Waals surface area contributed by atoms with Crippen LogP contribution in [0.2, 0.25) is 0 Å². The first-order valence-corrected chi connectivity index (χ1v) is 12.5. The first kappa shape index (κ1) is 25.5. The van der Waals surface area contributed by atoms with Gasteiger partial charge in [-0.05, 0) is 44.2 Å². The number of amides is 1. The molecule has 1 aliphatic carbocycles. The summed E-state index contributed by atoms with van der Waals surface area (Å²) < 4.78 is 5.11. The van der Waals surface area contributed by atoms with E-state index in [2.05, 4.69) is 20.3 Å². The molecule has 1 unspecified atom stereocenters. The van der Waals surface area contributed by atoms with Crippen molar-refractivity contribution in [3.63, 3.8) is 0 Å². The molecule has 182 valence electrons. The van der Waals surface area contributed by atoms with Gasteiger partial charge in [-0.15, -0.1) is 11.3 Å². The lowest BCUT2D eigenvalue weighted by Crippen LogP contribution is -2.42. The van der Waals surface area contributed by atoms with Gasteiger partial charge in [0, 0.05) is 23.2 Å². The topological polar surface area (TPSA) is 130 Å². The smallest absolute Gasteiger partial charge is 0.210 e. The number of morpholine rings is 1. The normalized spacial score (nSPS) is 16.9. The zero-order valence-electron chi connectivity index (χ0n) is 20.0. The van der Waals surface area contributed by atoms with Crippen molar-refractivity contribution in [2.45, 2.75) is 52.5 Å². The van der Waals surface area contributed by atoms with E-state index in [1.807, 2.05) is 20.8 Å². The Balaban J connectivity index is 0.000000248. The minimum atomic E-state index is 0.260. The summed E-state index contributed by atoms with van der Waals surface area (Å²) in [5, 5.41) is 11.8. The third-order valence-electron chi connectivity index (χ3n) is 5.68. The third-order valence-corrected chi connectivity index (χ3v) is 6.88. The Morgan fingerprint density at radius 1 is 1.26 bits per heavy atom. The molecule has 0 bridgehead atoms. The summed E-state index contributed by atoms with van der Waals surface area (Å²) in [6, 6.07) is 2.02. The maximum atomic E-state index is 10.2. The van der Waals surface area contributed by atoms with Crippen molar-refractivity contribution in [2.75, 3.05) is 30.8 Å². The molecule has 1 amide bonds. The van der Waals surface area contributed by atoms with Crippen molar-refractivity contribution >= 4 is 51.5 Å². The van der Waals surface area contributed by atoms with Gasteiger partial charge in [-0.1, -0.05) is 13.8 Å². The maximum Gasteiger partial charge on any atom is 0.210 e. The first-order valence-electron chi connectivity index (χ1n) is 11.7. The minimum Gasteiger partial charge on any atom is -0.397 e. The fourth-order valence-electron chi connectivity index (χ4n) is 3.88. The van der Waals surface area contributed by atoms with E-state index in [-0.39, 0.29) is 6.04 Å². The van der Waals surface area contributed by atoms with Gasteiger partial charge in [0.15, 0.2) is 0 Å². The molecule has 5 rings (SSSR count). The van der Waals surface area contributed by atoms with Gasteiger partial charge in [0.05, 0.1) is 36.5 Å². The van der Waals surface area contributed by atoms with Crippen molar-refractivity contribution in [3.8, 4) is 0 Å². The molecule has 9 nitrogen and oxygen atoms in total. The van der Waals surface area contributed by atoms with E-state index in [4.69, 9.17) is 15.9 Å². The Labute approximate surface area is 204 Å². The van der Waals surface area contributed by atoms with Crippen molar-refractivity contribution in [1.29, 1.82) is 5.41 Å². The highest BCUT2D eigenvalue weighted by atomic mass is 32.1. The zero-order chi connectivity index (χ0) is 24.5. The highest BCUT2D eigenvalue weighted by Crippen LogP contribution is 2.38. The van der Waals surface area contributed by atoms with E-state index in [9.17, 15) is 4.79 Å². The van der Waals surface area contributed by atoms with Crippen molar-refractivity contribution in [1.82, 2.24) is 19.9 Å². The van der Waals surface area contributed by atoms with Crippen LogP contribution in [0.4, 0.5) is 17.3 Å². The second-order valence-electron chi connectivity index (χ2n) is 7.85. The Morgan fingerprint density at radius 3 is 2.76 bits per heavy atom. The molecule has 0 radical (unpaired) electrons. The molecule has 1 saturated heterocycles. The van der Waals surface area contributed by atoms with Crippen LogP contribution in [-0.4, -0.2) is 58.3 Å². The number of hydrogen-bond acceptors (Lipinski definition) is 9. The number of carbonyl (C=O) groups is 1. The van der Waals surface area contributed by atoms with E-state index in [1.54, 1.807) is 34.8 Å². The molecule has 4 heterocycles. The Hall–Kier alpha value is -3.11. The van der Waals surface area contributed by atoms with Gasteiger partial charge >= 0.3 is 0 Å². The van der Waals surface area contributed by atoms with E-state index in [1.165, 1.54) is 29.5 Å². The van der Waals surface area contributed by atoms with Crippen LogP contribution < -0.4 is 11.1 Å². The molecule has 0 saturated carbocycles. The average molecular weight is 484 g/mol. The lowest BCUT2D eigenvalue weighted by Gasteiger charge is -2.29. The summed E-state index contributed by atoms with van der Waals surface area (Å²) in [5.41, 5.74) is 8.30. The fraction of sp³-hybridized carbons (Fsp3) is 0.458. The summed E-state index contributed by atoms with van der Waals surface area (Å²) in [4.78, 5) is 27.6. The zero-order valence-corrected chi connectivity index (χ0v) is 20.8. The number of hydrogen-bond donors (Lipinski definition) is 3. The fourth-order valence-corrected chi connectivity index (χ4v) is 5.11. The molecule has 1 aliphatic heterocycles. The van der Waals surface area contributed by atoms with Gasteiger partial charge < -0.3 is 26.1 Å². The molecule has 34 heavy (non-hydrogen) atoms. The highest BCUT2D eigenvalue weighted by molar-refractivity contribution is 7.19. The summed E-state index contributed by atoms with van der Waals surface area (Å²) >= 11 is 1.77. The molecule has 10 heteroatoms. The number of anilines is 3. The predicted octanol–water partition coefficient (Wildman–Crippen LogP) is 4.18. The number of rotatable bonds is 4. The minimum absolute atomic E-state index is 0.260. The van der Waals surface area contributed by atoms with Gasteiger partial charge in [-0.3, -0.25) is 4.79 Å². The van der Waals surface area contributed by atoms with Crippen LogP contribution in [-0.2, 0) is 22.4 Å². The van der Waals surface area contributed by atoms with Crippen LogP contribution in [0, 0.1) is 5.41 Å². The Morgan fingerprint density at radius 2 is 2.06 bits per heavy atom. The molecule has 2 aliphatic rings. The number of ether oxygens (including phenoxy) is 1. The summed E-state index contributed by atoms with van der Waals surface area (Å²) in [6.45, 7) is 8.08. The highest BCUT2D eigenvalue weighted by Gasteiger charge is 2.20. The number of aromatic nitrogens is 3. The van der Waals surface area contributed by atoms with E-state index in [0.717, 1.165) is 41.8 Å². The third kappa shape index (κ3) is 5.87. The van der Waals surface area contributed by atoms with Crippen LogP contribution >= 0.6 is 11.3 Å². The second kappa shape index (κ2) is 12.4. The number of nitrogens with one attached hydrogen (secondary N) is 2. The lowest BCUT2D eigenvalue weighted by atomic mass is 9.97.